The molecule has 3 rings (SSSR count). The van der Waals surface area contributed by atoms with Gasteiger partial charge in [-0.05, 0) is 36.4 Å². The SMILES string of the molecule is N#CCOc1ccccc1C=Cc1ccc2c(Cl)cc(Cl)c(O)c2n1. The summed E-state index contributed by atoms with van der Waals surface area (Å²) in [5, 5.41) is 20.0. The summed E-state index contributed by atoms with van der Waals surface area (Å²) < 4.78 is 5.39. The molecule has 0 unspecified atom stereocenters. The summed E-state index contributed by atoms with van der Waals surface area (Å²) in [6, 6.07) is 14.4. The van der Waals surface area contributed by atoms with Gasteiger partial charge in [-0.3, -0.25) is 0 Å². The van der Waals surface area contributed by atoms with Gasteiger partial charge in [0.1, 0.15) is 17.3 Å². The van der Waals surface area contributed by atoms with E-state index in [2.05, 4.69) is 4.98 Å². The standard InChI is InChI=1S/C19H12Cl2N2O2/c20-15-11-16(21)19(24)18-14(15)8-7-13(23-18)6-5-12-3-1-2-4-17(12)25-10-9-22/h1-8,11,24H,10H2. The predicted molar refractivity (Wildman–Crippen MR) is 99.9 cm³/mol. The van der Waals surface area contributed by atoms with Crippen LogP contribution in [0.5, 0.6) is 11.5 Å². The number of phenolic OH excluding ortho intramolecular Hbond substituents is 1. The van der Waals surface area contributed by atoms with Crippen LogP contribution in [0.4, 0.5) is 0 Å². The number of aromatic nitrogens is 1. The number of fused-ring (bicyclic) bond motifs is 1. The summed E-state index contributed by atoms with van der Waals surface area (Å²) in [6.07, 6.45) is 3.60. The van der Waals surface area contributed by atoms with Crippen LogP contribution in [0.25, 0.3) is 23.1 Å². The zero-order valence-corrected chi connectivity index (χ0v) is 14.4. The molecule has 0 aliphatic heterocycles. The summed E-state index contributed by atoms with van der Waals surface area (Å²) in [7, 11) is 0. The number of hydrogen-bond acceptors (Lipinski definition) is 4. The van der Waals surface area contributed by atoms with Crippen molar-refractivity contribution in [2.45, 2.75) is 0 Å². The van der Waals surface area contributed by atoms with Crippen LogP contribution in [0.3, 0.4) is 0 Å². The van der Waals surface area contributed by atoms with Gasteiger partial charge in [-0.2, -0.15) is 5.26 Å². The topological polar surface area (TPSA) is 66.1 Å². The van der Waals surface area contributed by atoms with E-state index in [4.69, 9.17) is 33.2 Å². The average molecular weight is 371 g/mol. The molecule has 4 nitrogen and oxygen atoms in total. The molecule has 0 aliphatic rings. The highest BCUT2D eigenvalue weighted by atomic mass is 35.5. The largest absolute Gasteiger partial charge is 0.504 e. The number of phenols is 1. The van der Waals surface area contributed by atoms with Crippen molar-refractivity contribution in [1.82, 2.24) is 4.98 Å². The minimum Gasteiger partial charge on any atom is -0.504 e. The highest BCUT2D eigenvalue weighted by Crippen LogP contribution is 2.36. The Bertz CT molecular complexity index is 1010. The highest BCUT2D eigenvalue weighted by molar-refractivity contribution is 6.39. The second-order valence-electron chi connectivity index (χ2n) is 5.14. The number of pyridine rings is 1. The van der Waals surface area contributed by atoms with Crippen molar-refractivity contribution in [3.05, 3.63) is 63.8 Å². The fourth-order valence-corrected chi connectivity index (χ4v) is 2.86. The summed E-state index contributed by atoms with van der Waals surface area (Å²) in [4.78, 5) is 4.40. The molecule has 124 valence electrons. The summed E-state index contributed by atoms with van der Waals surface area (Å²) in [5.74, 6) is 0.504. The summed E-state index contributed by atoms with van der Waals surface area (Å²) in [5.41, 5.74) is 1.78. The molecule has 1 N–H and O–H groups in total. The van der Waals surface area contributed by atoms with Gasteiger partial charge in [0, 0.05) is 10.9 Å². The first-order valence-corrected chi connectivity index (χ1v) is 8.10. The molecule has 0 saturated heterocycles. The summed E-state index contributed by atoms with van der Waals surface area (Å²) in [6.45, 7) is -0.0239. The number of halogens is 2. The van der Waals surface area contributed by atoms with Crippen LogP contribution in [0.2, 0.25) is 10.0 Å². The minimum absolute atomic E-state index is 0.0239. The van der Waals surface area contributed by atoms with Gasteiger partial charge in [-0.25, -0.2) is 4.98 Å². The number of nitrogens with zero attached hydrogens (tertiary/aromatic N) is 2. The molecule has 3 aromatic rings. The molecular weight excluding hydrogens is 359 g/mol. The molecule has 0 bridgehead atoms. The molecule has 0 fully saturated rings. The molecule has 6 heteroatoms. The van der Waals surface area contributed by atoms with E-state index in [1.165, 1.54) is 6.07 Å². The first kappa shape index (κ1) is 17.1. The van der Waals surface area contributed by atoms with Crippen molar-refractivity contribution < 1.29 is 9.84 Å². The number of hydrogen-bond donors (Lipinski definition) is 1. The van der Waals surface area contributed by atoms with E-state index in [9.17, 15) is 5.11 Å². The third-order valence-electron chi connectivity index (χ3n) is 3.52. The van der Waals surface area contributed by atoms with Crippen LogP contribution in [-0.4, -0.2) is 16.7 Å². The Morgan fingerprint density at radius 2 is 1.92 bits per heavy atom. The number of rotatable bonds is 4. The predicted octanol–water partition coefficient (Wildman–Crippen LogP) is 5.32. The van der Waals surface area contributed by atoms with E-state index in [1.54, 1.807) is 24.3 Å². The van der Waals surface area contributed by atoms with Gasteiger partial charge in [-0.15, -0.1) is 0 Å². The number of aromatic hydroxyl groups is 1. The first-order valence-electron chi connectivity index (χ1n) is 7.34. The van der Waals surface area contributed by atoms with Crippen molar-refractivity contribution in [3.63, 3.8) is 0 Å². The Balaban J connectivity index is 1.98. The average Bonchev–Trinajstić information content (AvgIpc) is 2.63. The van der Waals surface area contributed by atoms with E-state index in [1.807, 2.05) is 30.3 Å². The Morgan fingerprint density at radius 1 is 1.12 bits per heavy atom. The van der Waals surface area contributed by atoms with E-state index >= 15 is 0 Å². The third kappa shape index (κ3) is 3.69. The van der Waals surface area contributed by atoms with Gasteiger partial charge in [0.15, 0.2) is 12.4 Å². The molecule has 25 heavy (non-hydrogen) atoms. The van der Waals surface area contributed by atoms with Crippen LogP contribution in [0.1, 0.15) is 11.3 Å². The quantitative estimate of drug-likeness (QED) is 0.674. The normalized spacial score (nSPS) is 10.9. The summed E-state index contributed by atoms with van der Waals surface area (Å²) >= 11 is 12.1. The molecular formula is C19H12Cl2N2O2. The van der Waals surface area contributed by atoms with Crippen molar-refractivity contribution >= 4 is 46.3 Å². The molecule has 1 aromatic heterocycles. The van der Waals surface area contributed by atoms with Crippen LogP contribution in [-0.2, 0) is 0 Å². The Morgan fingerprint density at radius 3 is 2.72 bits per heavy atom. The van der Waals surface area contributed by atoms with Gasteiger partial charge >= 0.3 is 0 Å². The van der Waals surface area contributed by atoms with Crippen LogP contribution in [0, 0.1) is 11.3 Å². The lowest BCUT2D eigenvalue weighted by Gasteiger charge is -2.07. The maximum Gasteiger partial charge on any atom is 0.174 e. The second kappa shape index (κ2) is 7.43. The second-order valence-corrected chi connectivity index (χ2v) is 5.95. The Kier molecular flexibility index (Phi) is 5.08. The van der Waals surface area contributed by atoms with Crippen LogP contribution in [0.15, 0.2) is 42.5 Å². The van der Waals surface area contributed by atoms with Crippen LogP contribution < -0.4 is 4.74 Å². The lowest BCUT2D eigenvalue weighted by molar-refractivity contribution is 0.367. The molecule has 0 amide bonds. The fourth-order valence-electron chi connectivity index (χ4n) is 2.35. The molecule has 1 heterocycles. The highest BCUT2D eigenvalue weighted by Gasteiger charge is 2.10. The van der Waals surface area contributed by atoms with Crippen molar-refractivity contribution in [2.24, 2.45) is 0 Å². The lowest BCUT2D eigenvalue weighted by Crippen LogP contribution is -1.95. The zero-order valence-electron chi connectivity index (χ0n) is 12.9. The first-order chi connectivity index (χ1) is 12.1. The third-order valence-corrected chi connectivity index (χ3v) is 4.12. The van der Waals surface area contributed by atoms with E-state index in [0.29, 0.717) is 27.4 Å². The maximum absolute atomic E-state index is 10.1. The Hall–Kier alpha value is -2.74. The Labute approximate surface area is 154 Å². The number of benzene rings is 2. The van der Waals surface area contributed by atoms with Crippen molar-refractivity contribution in [3.8, 4) is 17.6 Å². The van der Waals surface area contributed by atoms with Crippen molar-refractivity contribution in [2.75, 3.05) is 6.61 Å². The number of nitriles is 1. The van der Waals surface area contributed by atoms with Crippen molar-refractivity contribution in [1.29, 1.82) is 5.26 Å². The smallest absolute Gasteiger partial charge is 0.174 e. The van der Waals surface area contributed by atoms with Gasteiger partial charge in [0.05, 0.1) is 15.7 Å². The number of para-hydroxylation sites is 1. The molecule has 0 spiro atoms. The van der Waals surface area contributed by atoms with Crippen LogP contribution >= 0.6 is 23.2 Å². The molecule has 0 radical (unpaired) electrons. The van der Waals surface area contributed by atoms with Gasteiger partial charge < -0.3 is 9.84 Å². The molecule has 0 aliphatic carbocycles. The number of ether oxygens (including phenoxy) is 1. The monoisotopic (exact) mass is 370 g/mol. The molecule has 2 aromatic carbocycles. The van der Waals surface area contributed by atoms with E-state index in [0.717, 1.165) is 5.56 Å². The maximum atomic E-state index is 10.1. The minimum atomic E-state index is -0.103. The van der Waals surface area contributed by atoms with E-state index < -0.39 is 0 Å². The lowest BCUT2D eigenvalue weighted by atomic mass is 10.1. The van der Waals surface area contributed by atoms with E-state index in [-0.39, 0.29) is 17.4 Å². The molecule has 0 atom stereocenters. The van der Waals surface area contributed by atoms with Gasteiger partial charge in [0.2, 0.25) is 0 Å². The van der Waals surface area contributed by atoms with Gasteiger partial charge in [0.25, 0.3) is 0 Å². The zero-order chi connectivity index (χ0) is 17.8. The van der Waals surface area contributed by atoms with Gasteiger partial charge in [-0.1, -0.05) is 41.4 Å². The fraction of sp³-hybridized carbons (Fsp3) is 0.0526. The molecule has 0 saturated carbocycles.